The molecule has 1 aromatic heterocycles. The van der Waals surface area contributed by atoms with Gasteiger partial charge in [-0.05, 0) is 18.6 Å². The molecule has 0 bridgehead atoms. The summed E-state index contributed by atoms with van der Waals surface area (Å²) in [5.41, 5.74) is 4.57. The molecule has 74 valence electrons. The first kappa shape index (κ1) is 9.24. The van der Waals surface area contributed by atoms with Crippen molar-refractivity contribution < 1.29 is 5.21 Å². The fraction of sp³-hybridized carbons (Fsp3) is 0.273. The summed E-state index contributed by atoms with van der Waals surface area (Å²) in [6.45, 7) is 1.93. The maximum atomic E-state index is 8.90. The molecule has 0 aliphatic rings. The molecule has 1 atom stereocenters. The Hall–Kier alpha value is -1.32. The van der Waals surface area contributed by atoms with E-state index in [0.29, 0.717) is 0 Å². The summed E-state index contributed by atoms with van der Waals surface area (Å²) >= 11 is 0. The summed E-state index contributed by atoms with van der Waals surface area (Å²) in [7, 11) is 2.01. The molecule has 0 radical (unpaired) electrons. The molecule has 0 saturated carbocycles. The van der Waals surface area contributed by atoms with Crippen LogP contribution in [-0.4, -0.2) is 9.77 Å². The Labute approximate surface area is 82.9 Å². The number of nitrogens with one attached hydrogen (secondary N) is 1. The molecule has 1 aromatic carbocycles. The quantitative estimate of drug-likeness (QED) is 0.712. The van der Waals surface area contributed by atoms with E-state index >= 15 is 0 Å². The summed E-state index contributed by atoms with van der Waals surface area (Å²) in [5, 5.41) is 10.1. The van der Waals surface area contributed by atoms with Gasteiger partial charge in [0, 0.05) is 24.1 Å². The van der Waals surface area contributed by atoms with Gasteiger partial charge in [-0.3, -0.25) is 0 Å². The standard InChI is InChI=1S/C11H14N2O/c1-8(12-14)10-7-13(2)11-6-4-3-5-9(10)11/h3-8,12,14H,1-2H3. The Balaban J connectivity index is 2.66. The number of aryl methyl sites for hydroxylation is 1. The second kappa shape index (κ2) is 3.44. The van der Waals surface area contributed by atoms with Crippen LogP contribution in [0.4, 0.5) is 0 Å². The van der Waals surface area contributed by atoms with Gasteiger partial charge < -0.3 is 9.77 Å². The highest BCUT2D eigenvalue weighted by molar-refractivity contribution is 5.84. The largest absolute Gasteiger partial charge is 0.350 e. The zero-order chi connectivity index (χ0) is 10.1. The SMILES string of the molecule is CC(NO)c1cn(C)c2ccccc12. The van der Waals surface area contributed by atoms with E-state index in [1.807, 2.05) is 32.3 Å². The topological polar surface area (TPSA) is 37.2 Å². The van der Waals surface area contributed by atoms with E-state index in [2.05, 4.69) is 22.2 Å². The Morgan fingerprint density at radius 3 is 2.79 bits per heavy atom. The van der Waals surface area contributed by atoms with Crippen LogP contribution in [0.5, 0.6) is 0 Å². The summed E-state index contributed by atoms with van der Waals surface area (Å²) in [6.07, 6.45) is 2.04. The van der Waals surface area contributed by atoms with Gasteiger partial charge in [-0.1, -0.05) is 18.2 Å². The smallest absolute Gasteiger partial charge is 0.0561 e. The first-order chi connectivity index (χ1) is 6.74. The van der Waals surface area contributed by atoms with Crippen LogP contribution in [0.1, 0.15) is 18.5 Å². The fourth-order valence-corrected chi connectivity index (χ4v) is 1.79. The van der Waals surface area contributed by atoms with Crippen molar-refractivity contribution in [3.8, 4) is 0 Å². The lowest BCUT2D eigenvalue weighted by Crippen LogP contribution is -2.12. The van der Waals surface area contributed by atoms with Crippen LogP contribution < -0.4 is 5.48 Å². The van der Waals surface area contributed by atoms with Crippen molar-refractivity contribution in [2.75, 3.05) is 0 Å². The van der Waals surface area contributed by atoms with Crippen LogP contribution >= 0.6 is 0 Å². The molecule has 0 saturated heterocycles. The Kier molecular flexibility index (Phi) is 2.27. The number of hydroxylamine groups is 1. The number of hydrogen-bond donors (Lipinski definition) is 2. The van der Waals surface area contributed by atoms with Gasteiger partial charge in [-0.2, -0.15) is 5.48 Å². The van der Waals surface area contributed by atoms with E-state index in [0.717, 1.165) is 5.56 Å². The molecule has 0 aliphatic carbocycles. The molecule has 3 nitrogen and oxygen atoms in total. The number of hydrogen-bond acceptors (Lipinski definition) is 2. The van der Waals surface area contributed by atoms with Gasteiger partial charge >= 0.3 is 0 Å². The molecule has 0 aliphatic heterocycles. The predicted molar refractivity (Wildman–Crippen MR) is 56.3 cm³/mol. The highest BCUT2D eigenvalue weighted by atomic mass is 16.5. The monoisotopic (exact) mass is 190 g/mol. The molecule has 2 rings (SSSR count). The van der Waals surface area contributed by atoms with Crippen molar-refractivity contribution in [1.29, 1.82) is 0 Å². The van der Waals surface area contributed by atoms with Crippen LogP contribution in [0.3, 0.4) is 0 Å². The highest BCUT2D eigenvalue weighted by Gasteiger charge is 2.10. The first-order valence-corrected chi connectivity index (χ1v) is 4.67. The number of rotatable bonds is 2. The maximum Gasteiger partial charge on any atom is 0.0561 e. The van der Waals surface area contributed by atoms with Crippen molar-refractivity contribution in [2.24, 2.45) is 7.05 Å². The van der Waals surface area contributed by atoms with E-state index in [-0.39, 0.29) is 6.04 Å². The summed E-state index contributed by atoms with van der Waals surface area (Å²) in [6, 6.07) is 8.13. The Morgan fingerprint density at radius 2 is 2.07 bits per heavy atom. The summed E-state index contributed by atoms with van der Waals surface area (Å²) in [5.74, 6) is 0. The second-order valence-corrected chi connectivity index (χ2v) is 3.56. The summed E-state index contributed by atoms with van der Waals surface area (Å²) < 4.78 is 2.07. The number of fused-ring (bicyclic) bond motifs is 1. The van der Waals surface area contributed by atoms with Gasteiger partial charge in [0.25, 0.3) is 0 Å². The molecule has 1 heterocycles. The normalized spacial score (nSPS) is 13.4. The van der Waals surface area contributed by atoms with Crippen LogP contribution in [0, 0.1) is 0 Å². The van der Waals surface area contributed by atoms with E-state index in [4.69, 9.17) is 5.21 Å². The van der Waals surface area contributed by atoms with Crippen LogP contribution in [0.25, 0.3) is 10.9 Å². The lowest BCUT2D eigenvalue weighted by molar-refractivity contribution is 0.134. The number of aromatic nitrogens is 1. The molecule has 2 N–H and O–H groups in total. The van der Waals surface area contributed by atoms with Crippen molar-refractivity contribution in [3.63, 3.8) is 0 Å². The Morgan fingerprint density at radius 1 is 1.36 bits per heavy atom. The number of benzene rings is 1. The van der Waals surface area contributed by atoms with Crippen molar-refractivity contribution in [1.82, 2.24) is 10.0 Å². The predicted octanol–water partition coefficient (Wildman–Crippen LogP) is 2.22. The molecule has 0 spiro atoms. The maximum absolute atomic E-state index is 8.90. The van der Waals surface area contributed by atoms with Gasteiger partial charge in [-0.15, -0.1) is 0 Å². The van der Waals surface area contributed by atoms with Crippen LogP contribution in [-0.2, 0) is 7.05 Å². The lowest BCUT2D eigenvalue weighted by Gasteiger charge is -2.06. The molecule has 14 heavy (non-hydrogen) atoms. The van der Waals surface area contributed by atoms with Crippen LogP contribution in [0.15, 0.2) is 30.5 Å². The number of nitrogens with zero attached hydrogens (tertiary/aromatic N) is 1. The van der Waals surface area contributed by atoms with Gasteiger partial charge in [0.15, 0.2) is 0 Å². The first-order valence-electron chi connectivity index (χ1n) is 4.67. The van der Waals surface area contributed by atoms with Crippen LogP contribution in [0.2, 0.25) is 0 Å². The van der Waals surface area contributed by atoms with E-state index in [9.17, 15) is 0 Å². The second-order valence-electron chi connectivity index (χ2n) is 3.56. The van der Waals surface area contributed by atoms with E-state index in [1.165, 1.54) is 10.9 Å². The molecule has 2 aromatic rings. The molecule has 1 unspecified atom stereocenters. The van der Waals surface area contributed by atoms with E-state index < -0.39 is 0 Å². The average molecular weight is 190 g/mol. The van der Waals surface area contributed by atoms with Crippen molar-refractivity contribution in [3.05, 3.63) is 36.0 Å². The minimum Gasteiger partial charge on any atom is -0.350 e. The lowest BCUT2D eigenvalue weighted by atomic mass is 10.1. The molecular formula is C11H14N2O. The summed E-state index contributed by atoms with van der Waals surface area (Å²) in [4.78, 5) is 0. The third kappa shape index (κ3) is 1.31. The average Bonchev–Trinajstić information content (AvgIpc) is 2.56. The zero-order valence-corrected chi connectivity index (χ0v) is 8.36. The Bertz CT molecular complexity index is 447. The third-order valence-electron chi connectivity index (χ3n) is 2.59. The van der Waals surface area contributed by atoms with Crippen molar-refractivity contribution >= 4 is 10.9 Å². The number of para-hydroxylation sites is 1. The van der Waals surface area contributed by atoms with Gasteiger partial charge in [-0.25, -0.2) is 0 Å². The van der Waals surface area contributed by atoms with Gasteiger partial charge in [0.05, 0.1) is 6.04 Å². The van der Waals surface area contributed by atoms with Crippen molar-refractivity contribution in [2.45, 2.75) is 13.0 Å². The third-order valence-corrected chi connectivity index (χ3v) is 2.59. The van der Waals surface area contributed by atoms with Gasteiger partial charge in [0.1, 0.15) is 0 Å². The molecule has 0 amide bonds. The van der Waals surface area contributed by atoms with E-state index in [1.54, 1.807) is 0 Å². The molecule has 3 heteroatoms. The molecule has 0 fully saturated rings. The fourth-order valence-electron chi connectivity index (χ4n) is 1.79. The molecular weight excluding hydrogens is 176 g/mol. The highest BCUT2D eigenvalue weighted by Crippen LogP contribution is 2.25. The van der Waals surface area contributed by atoms with Gasteiger partial charge in [0.2, 0.25) is 0 Å². The zero-order valence-electron chi connectivity index (χ0n) is 8.36. The minimum absolute atomic E-state index is 0.0406. The minimum atomic E-state index is -0.0406.